The third kappa shape index (κ3) is 2.30. The molecule has 2 N–H and O–H groups in total. The van der Waals surface area contributed by atoms with Crippen molar-refractivity contribution >= 4 is 0 Å². The highest BCUT2D eigenvalue weighted by molar-refractivity contribution is 5.51. The summed E-state index contributed by atoms with van der Waals surface area (Å²) in [5.41, 5.74) is 7.68. The predicted octanol–water partition coefficient (Wildman–Crippen LogP) is 1.67. The molecule has 0 spiro atoms. The van der Waals surface area contributed by atoms with Crippen molar-refractivity contribution in [3.63, 3.8) is 0 Å². The molecule has 0 amide bonds. The Kier molecular flexibility index (Phi) is 3.47. The molecule has 0 unspecified atom stereocenters. The number of nitrogens with zero attached hydrogens (tertiary/aromatic N) is 2. The van der Waals surface area contributed by atoms with Gasteiger partial charge in [0.15, 0.2) is 11.5 Å². The van der Waals surface area contributed by atoms with Crippen LogP contribution >= 0.6 is 0 Å². The Hall–Kier alpha value is -2.21. The van der Waals surface area contributed by atoms with Crippen molar-refractivity contribution in [1.82, 2.24) is 9.55 Å². The van der Waals surface area contributed by atoms with Crippen molar-refractivity contribution < 1.29 is 14.2 Å². The molecule has 0 atom stereocenters. The molecule has 6 heteroatoms. The molecule has 0 fully saturated rings. The Labute approximate surface area is 117 Å². The van der Waals surface area contributed by atoms with E-state index in [2.05, 4.69) is 11.9 Å². The van der Waals surface area contributed by atoms with Gasteiger partial charge < -0.3 is 24.5 Å². The Bertz CT molecular complexity index is 610. The van der Waals surface area contributed by atoms with E-state index in [0.29, 0.717) is 18.9 Å². The molecule has 20 heavy (non-hydrogen) atoms. The summed E-state index contributed by atoms with van der Waals surface area (Å²) < 4.78 is 18.6. The number of nitrogens with two attached hydrogens (primary N) is 1. The second-order valence-electron chi connectivity index (χ2n) is 4.48. The zero-order chi connectivity index (χ0) is 13.9. The number of benzene rings is 1. The van der Waals surface area contributed by atoms with Crippen LogP contribution in [0, 0.1) is 0 Å². The maximum atomic E-state index is 5.86. The average Bonchev–Trinajstić information content (AvgIpc) is 3.11. The van der Waals surface area contributed by atoms with Gasteiger partial charge >= 0.3 is 0 Å². The lowest BCUT2D eigenvalue weighted by molar-refractivity contribution is 0.173. The van der Waals surface area contributed by atoms with Gasteiger partial charge in [0, 0.05) is 24.7 Å². The smallest absolute Gasteiger partial charge is 0.231 e. The van der Waals surface area contributed by atoms with Gasteiger partial charge in [-0.1, -0.05) is 0 Å². The molecule has 0 aliphatic carbocycles. The Morgan fingerprint density at radius 1 is 1.35 bits per heavy atom. The SMILES string of the molecule is CCn1cncc1COc1cc2c(cc1CN)OCO2. The largest absolute Gasteiger partial charge is 0.487 e. The third-order valence-corrected chi connectivity index (χ3v) is 3.29. The summed E-state index contributed by atoms with van der Waals surface area (Å²) in [6.45, 7) is 4.01. The molecular formula is C14H17N3O3. The van der Waals surface area contributed by atoms with E-state index in [1.165, 1.54) is 0 Å². The number of aryl methyl sites for hydroxylation is 1. The van der Waals surface area contributed by atoms with Crippen LogP contribution in [0.1, 0.15) is 18.2 Å². The van der Waals surface area contributed by atoms with E-state index in [1.807, 2.05) is 16.7 Å². The average molecular weight is 275 g/mol. The minimum absolute atomic E-state index is 0.241. The van der Waals surface area contributed by atoms with Crippen LogP contribution in [0.15, 0.2) is 24.7 Å². The van der Waals surface area contributed by atoms with Gasteiger partial charge in [-0.15, -0.1) is 0 Å². The van der Waals surface area contributed by atoms with Crippen LogP contribution in [-0.4, -0.2) is 16.3 Å². The Balaban J connectivity index is 1.80. The molecule has 0 saturated heterocycles. The highest BCUT2D eigenvalue weighted by Crippen LogP contribution is 2.38. The van der Waals surface area contributed by atoms with Crippen molar-refractivity contribution in [1.29, 1.82) is 0 Å². The van der Waals surface area contributed by atoms with Gasteiger partial charge in [0.1, 0.15) is 12.4 Å². The fourth-order valence-electron chi connectivity index (χ4n) is 2.16. The second-order valence-corrected chi connectivity index (χ2v) is 4.48. The van der Waals surface area contributed by atoms with Gasteiger partial charge in [0.25, 0.3) is 0 Å². The lowest BCUT2D eigenvalue weighted by Gasteiger charge is -2.12. The number of fused-ring (bicyclic) bond motifs is 1. The van der Waals surface area contributed by atoms with E-state index < -0.39 is 0 Å². The van der Waals surface area contributed by atoms with E-state index in [9.17, 15) is 0 Å². The fraction of sp³-hybridized carbons (Fsp3) is 0.357. The van der Waals surface area contributed by atoms with Crippen LogP contribution in [0.3, 0.4) is 0 Å². The summed E-state index contributed by atoms with van der Waals surface area (Å²) >= 11 is 0. The molecule has 1 aromatic carbocycles. The summed E-state index contributed by atoms with van der Waals surface area (Å²) in [5, 5.41) is 0. The first-order valence-electron chi connectivity index (χ1n) is 6.56. The van der Waals surface area contributed by atoms with Crippen LogP contribution in [0.4, 0.5) is 0 Å². The van der Waals surface area contributed by atoms with E-state index >= 15 is 0 Å². The summed E-state index contributed by atoms with van der Waals surface area (Å²) in [7, 11) is 0. The molecule has 1 aliphatic heterocycles. The minimum Gasteiger partial charge on any atom is -0.487 e. The molecule has 0 radical (unpaired) electrons. The van der Waals surface area contributed by atoms with Crippen molar-refractivity contribution in [2.24, 2.45) is 5.73 Å². The normalized spacial score (nSPS) is 12.7. The second kappa shape index (κ2) is 5.42. The molecule has 3 rings (SSSR count). The van der Waals surface area contributed by atoms with Gasteiger partial charge in [0.05, 0.1) is 18.2 Å². The highest BCUT2D eigenvalue weighted by Gasteiger charge is 2.17. The first kappa shape index (κ1) is 12.8. The molecular weight excluding hydrogens is 258 g/mol. The van der Waals surface area contributed by atoms with Crippen LogP contribution < -0.4 is 19.9 Å². The Morgan fingerprint density at radius 2 is 2.15 bits per heavy atom. The zero-order valence-corrected chi connectivity index (χ0v) is 11.3. The number of hydrogen-bond donors (Lipinski definition) is 1. The monoisotopic (exact) mass is 275 g/mol. The van der Waals surface area contributed by atoms with E-state index in [0.717, 1.165) is 29.3 Å². The minimum atomic E-state index is 0.241. The van der Waals surface area contributed by atoms with Gasteiger partial charge in [-0.2, -0.15) is 0 Å². The van der Waals surface area contributed by atoms with Crippen molar-refractivity contribution in [3.8, 4) is 17.2 Å². The molecule has 1 aliphatic rings. The molecule has 2 aromatic rings. The van der Waals surface area contributed by atoms with E-state index in [4.69, 9.17) is 19.9 Å². The number of ether oxygens (including phenoxy) is 3. The Morgan fingerprint density at radius 3 is 2.90 bits per heavy atom. The third-order valence-electron chi connectivity index (χ3n) is 3.29. The molecule has 0 saturated carbocycles. The van der Waals surface area contributed by atoms with Crippen molar-refractivity contribution in [2.75, 3.05) is 6.79 Å². The lowest BCUT2D eigenvalue weighted by atomic mass is 10.2. The quantitative estimate of drug-likeness (QED) is 0.898. The molecule has 6 nitrogen and oxygen atoms in total. The van der Waals surface area contributed by atoms with E-state index in [-0.39, 0.29) is 6.79 Å². The summed E-state index contributed by atoms with van der Waals surface area (Å²) in [6.07, 6.45) is 3.60. The van der Waals surface area contributed by atoms with Crippen LogP contribution in [0.2, 0.25) is 0 Å². The maximum absolute atomic E-state index is 5.86. The molecule has 2 heterocycles. The number of hydrogen-bond acceptors (Lipinski definition) is 5. The maximum Gasteiger partial charge on any atom is 0.231 e. The standard InChI is InChI=1S/C14H17N3O3/c1-2-17-8-16-6-11(17)7-18-12-4-14-13(19-9-20-14)3-10(12)5-15/h3-4,6,8H,2,5,7,9,15H2,1H3. The van der Waals surface area contributed by atoms with Crippen LogP contribution in [-0.2, 0) is 19.7 Å². The summed E-state index contributed by atoms with van der Waals surface area (Å²) in [6, 6.07) is 3.70. The van der Waals surface area contributed by atoms with Crippen molar-refractivity contribution in [2.45, 2.75) is 26.6 Å². The first-order valence-corrected chi connectivity index (χ1v) is 6.56. The lowest BCUT2D eigenvalue weighted by Crippen LogP contribution is -2.06. The predicted molar refractivity (Wildman–Crippen MR) is 72.7 cm³/mol. The van der Waals surface area contributed by atoms with Crippen LogP contribution in [0.25, 0.3) is 0 Å². The summed E-state index contributed by atoms with van der Waals surface area (Å²) in [5.74, 6) is 2.14. The van der Waals surface area contributed by atoms with Gasteiger partial charge in [-0.05, 0) is 13.0 Å². The molecule has 0 bridgehead atoms. The highest BCUT2D eigenvalue weighted by atomic mass is 16.7. The van der Waals surface area contributed by atoms with Gasteiger partial charge in [-0.25, -0.2) is 4.98 Å². The topological polar surface area (TPSA) is 71.5 Å². The number of imidazole rings is 1. The zero-order valence-electron chi connectivity index (χ0n) is 11.3. The van der Waals surface area contributed by atoms with Crippen molar-refractivity contribution in [3.05, 3.63) is 35.9 Å². The number of rotatable bonds is 5. The van der Waals surface area contributed by atoms with Gasteiger partial charge in [0.2, 0.25) is 6.79 Å². The molecule has 1 aromatic heterocycles. The molecule has 106 valence electrons. The van der Waals surface area contributed by atoms with Gasteiger partial charge in [-0.3, -0.25) is 0 Å². The van der Waals surface area contributed by atoms with Crippen LogP contribution in [0.5, 0.6) is 17.2 Å². The first-order chi connectivity index (χ1) is 9.81. The fourth-order valence-corrected chi connectivity index (χ4v) is 2.16. The van der Waals surface area contributed by atoms with E-state index in [1.54, 1.807) is 12.5 Å². The number of aromatic nitrogens is 2. The summed E-state index contributed by atoms with van der Waals surface area (Å²) in [4.78, 5) is 4.12.